The Kier molecular flexibility index (Phi) is 5.77. The smallest absolute Gasteiger partial charge is 0.224 e. The minimum atomic E-state index is -0.185. The van der Waals surface area contributed by atoms with Crippen LogP contribution in [-0.4, -0.2) is 5.91 Å². The third-order valence-electron chi connectivity index (χ3n) is 2.89. The third kappa shape index (κ3) is 4.27. The van der Waals surface area contributed by atoms with E-state index in [1.54, 1.807) is 36.4 Å². The Morgan fingerprint density at radius 2 is 1.48 bits per heavy atom. The summed E-state index contributed by atoms with van der Waals surface area (Å²) in [5.74, 6) is -0.185. The van der Waals surface area contributed by atoms with Gasteiger partial charge in [0.25, 0.3) is 0 Å². The lowest BCUT2D eigenvalue weighted by Gasteiger charge is -2.09. The van der Waals surface area contributed by atoms with Crippen LogP contribution in [-0.2, 0) is 11.2 Å². The summed E-state index contributed by atoms with van der Waals surface area (Å²) in [5, 5.41) is 4.54. The molecule has 0 saturated heterocycles. The van der Waals surface area contributed by atoms with Gasteiger partial charge < -0.3 is 5.32 Å². The van der Waals surface area contributed by atoms with Gasteiger partial charge in [-0.05, 0) is 36.2 Å². The molecule has 2 aromatic rings. The number of amides is 1. The molecule has 110 valence electrons. The van der Waals surface area contributed by atoms with E-state index in [1.165, 1.54) is 0 Å². The molecule has 0 aromatic heterocycles. The van der Waals surface area contributed by atoms with Gasteiger partial charge in [0.1, 0.15) is 0 Å². The molecule has 2 rings (SSSR count). The summed E-state index contributed by atoms with van der Waals surface area (Å²) in [6.45, 7) is 0. The van der Waals surface area contributed by atoms with Crippen LogP contribution in [0.4, 0.5) is 5.69 Å². The Morgan fingerprint density at radius 1 is 0.905 bits per heavy atom. The molecule has 0 radical (unpaired) electrons. The number of rotatable bonds is 4. The molecular weight excluding hydrogens is 352 g/mol. The first-order chi connectivity index (χ1) is 9.99. The van der Waals surface area contributed by atoms with E-state index in [-0.39, 0.29) is 12.3 Å². The molecule has 1 amide bonds. The summed E-state index contributed by atoms with van der Waals surface area (Å²) in [5.41, 5.74) is 1.24. The van der Waals surface area contributed by atoms with Gasteiger partial charge in [-0.15, -0.1) is 0 Å². The molecule has 2 aromatic carbocycles. The molecule has 0 aliphatic carbocycles. The Bertz CT molecular complexity index is 652. The molecule has 0 fully saturated rings. The standard InChI is InChI=1S/C15H11Cl4NO/c16-10-3-1-4-11(17)9(10)7-8-14(21)20-13-6-2-5-12(18)15(13)19/h1-6H,7-8H2,(H,20,21). The average Bonchev–Trinajstić information content (AvgIpc) is 2.43. The summed E-state index contributed by atoms with van der Waals surface area (Å²) < 4.78 is 0. The fraction of sp³-hybridized carbons (Fsp3) is 0.133. The minimum Gasteiger partial charge on any atom is -0.325 e. The van der Waals surface area contributed by atoms with Gasteiger partial charge in [-0.2, -0.15) is 0 Å². The van der Waals surface area contributed by atoms with Gasteiger partial charge >= 0.3 is 0 Å². The summed E-state index contributed by atoms with van der Waals surface area (Å²) in [6.07, 6.45) is 0.689. The van der Waals surface area contributed by atoms with Crippen LogP contribution < -0.4 is 5.32 Å². The molecule has 0 aliphatic rings. The van der Waals surface area contributed by atoms with E-state index in [0.717, 1.165) is 5.56 Å². The molecule has 0 unspecified atom stereocenters. The Morgan fingerprint density at radius 3 is 2.14 bits per heavy atom. The maximum absolute atomic E-state index is 12.0. The third-order valence-corrected chi connectivity index (χ3v) is 4.42. The Hall–Kier alpha value is -0.930. The summed E-state index contributed by atoms with van der Waals surface area (Å²) >= 11 is 24.0. The van der Waals surface area contributed by atoms with Crippen LogP contribution in [0.2, 0.25) is 20.1 Å². The summed E-state index contributed by atoms with van der Waals surface area (Å²) in [4.78, 5) is 12.0. The number of hydrogen-bond donors (Lipinski definition) is 1. The fourth-order valence-corrected chi connectivity index (χ4v) is 2.76. The number of halogens is 4. The number of carbonyl (C=O) groups excluding carboxylic acids is 1. The SMILES string of the molecule is O=C(CCc1c(Cl)cccc1Cl)Nc1cccc(Cl)c1Cl. The van der Waals surface area contributed by atoms with Gasteiger partial charge in [-0.1, -0.05) is 58.5 Å². The predicted molar refractivity (Wildman–Crippen MR) is 89.9 cm³/mol. The molecule has 0 atom stereocenters. The van der Waals surface area contributed by atoms with Crippen molar-refractivity contribution in [1.29, 1.82) is 0 Å². The molecular formula is C15H11Cl4NO. The molecule has 0 spiro atoms. The Labute approximate surface area is 143 Å². The second-order valence-electron chi connectivity index (χ2n) is 4.35. The van der Waals surface area contributed by atoms with Crippen LogP contribution in [0.1, 0.15) is 12.0 Å². The summed E-state index contributed by atoms with van der Waals surface area (Å²) in [7, 11) is 0. The van der Waals surface area contributed by atoms with Gasteiger partial charge in [0.05, 0.1) is 15.7 Å². The van der Waals surface area contributed by atoms with E-state index >= 15 is 0 Å². The van der Waals surface area contributed by atoms with Crippen molar-refractivity contribution in [3.05, 3.63) is 62.1 Å². The zero-order chi connectivity index (χ0) is 15.4. The van der Waals surface area contributed by atoms with E-state index in [4.69, 9.17) is 46.4 Å². The Balaban J connectivity index is 2.01. The second-order valence-corrected chi connectivity index (χ2v) is 5.95. The molecule has 0 heterocycles. The van der Waals surface area contributed by atoms with E-state index < -0.39 is 0 Å². The zero-order valence-corrected chi connectivity index (χ0v) is 13.8. The first-order valence-electron chi connectivity index (χ1n) is 6.16. The van der Waals surface area contributed by atoms with Crippen LogP contribution in [0.25, 0.3) is 0 Å². The fourth-order valence-electron chi connectivity index (χ4n) is 1.82. The number of carbonyl (C=O) groups is 1. The van der Waals surface area contributed by atoms with Gasteiger partial charge in [0.15, 0.2) is 0 Å². The van der Waals surface area contributed by atoms with Gasteiger partial charge in [-0.3, -0.25) is 4.79 Å². The van der Waals surface area contributed by atoms with Gasteiger partial charge in [-0.25, -0.2) is 0 Å². The molecule has 1 N–H and O–H groups in total. The highest BCUT2D eigenvalue weighted by Crippen LogP contribution is 2.30. The van der Waals surface area contributed by atoms with Crippen LogP contribution in [0.3, 0.4) is 0 Å². The highest BCUT2D eigenvalue weighted by molar-refractivity contribution is 6.44. The van der Waals surface area contributed by atoms with Crippen molar-refractivity contribution < 1.29 is 4.79 Å². The van der Waals surface area contributed by atoms with Gasteiger partial charge in [0, 0.05) is 16.5 Å². The number of anilines is 1. The van der Waals surface area contributed by atoms with Crippen molar-refractivity contribution in [2.24, 2.45) is 0 Å². The average molecular weight is 363 g/mol. The molecule has 21 heavy (non-hydrogen) atoms. The molecule has 0 saturated carbocycles. The van der Waals surface area contributed by atoms with E-state index in [0.29, 0.717) is 32.2 Å². The van der Waals surface area contributed by atoms with Crippen molar-refractivity contribution >= 4 is 58.0 Å². The van der Waals surface area contributed by atoms with Crippen LogP contribution in [0.5, 0.6) is 0 Å². The van der Waals surface area contributed by atoms with Crippen molar-refractivity contribution in [1.82, 2.24) is 0 Å². The highest BCUT2D eigenvalue weighted by atomic mass is 35.5. The second kappa shape index (κ2) is 7.37. The topological polar surface area (TPSA) is 29.1 Å². The monoisotopic (exact) mass is 361 g/mol. The van der Waals surface area contributed by atoms with Crippen molar-refractivity contribution in [3.8, 4) is 0 Å². The van der Waals surface area contributed by atoms with Crippen LogP contribution >= 0.6 is 46.4 Å². The number of nitrogens with one attached hydrogen (secondary N) is 1. The van der Waals surface area contributed by atoms with E-state index in [9.17, 15) is 4.79 Å². The van der Waals surface area contributed by atoms with Gasteiger partial charge in [0.2, 0.25) is 5.91 Å². The lowest BCUT2D eigenvalue weighted by Crippen LogP contribution is -2.13. The molecule has 2 nitrogen and oxygen atoms in total. The van der Waals surface area contributed by atoms with E-state index in [2.05, 4.69) is 5.32 Å². The van der Waals surface area contributed by atoms with Crippen LogP contribution in [0.15, 0.2) is 36.4 Å². The van der Waals surface area contributed by atoms with Crippen molar-refractivity contribution in [2.45, 2.75) is 12.8 Å². The summed E-state index contributed by atoms with van der Waals surface area (Å²) in [6, 6.07) is 10.3. The maximum Gasteiger partial charge on any atom is 0.224 e. The maximum atomic E-state index is 12.0. The quantitative estimate of drug-likeness (QED) is 0.723. The van der Waals surface area contributed by atoms with Crippen molar-refractivity contribution in [2.75, 3.05) is 5.32 Å². The lowest BCUT2D eigenvalue weighted by molar-refractivity contribution is -0.116. The minimum absolute atomic E-state index is 0.185. The lowest BCUT2D eigenvalue weighted by atomic mass is 10.1. The zero-order valence-electron chi connectivity index (χ0n) is 10.8. The first-order valence-corrected chi connectivity index (χ1v) is 7.67. The highest BCUT2D eigenvalue weighted by Gasteiger charge is 2.11. The predicted octanol–water partition coefficient (Wildman–Crippen LogP) is 5.87. The van der Waals surface area contributed by atoms with Crippen LogP contribution in [0, 0.1) is 0 Å². The molecule has 6 heteroatoms. The normalized spacial score (nSPS) is 10.5. The number of hydrogen-bond acceptors (Lipinski definition) is 1. The molecule has 0 aliphatic heterocycles. The van der Waals surface area contributed by atoms with Crippen molar-refractivity contribution in [3.63, 3.8) is 0 Å². The number of benzene rings is 2. The first kappa shape index (κ1) is 16.4. The van der Waals surface area contributed by atoms with E-state index in [1.807, 2.05) is 0 Å². The largest absolute Gasteiger partial charge is 0.325 e. The molecule has 0 bridgehead atoms.